The standard InChI is InChI=1S/C49H84NO11P/c1-5-7-9-10-17-23-29-43(51)30-24-20-21-25-31-44(52)32-28-36-48(53)57-39-45(40-59-62(55,56)58-38-37-50)60-49(54)35-27-19-16-14-12-11-13-15-18-26-34-47-42(4)41(3)46(61-47)33-22-8-6-2/h17,20-21,23-25,30-31,43-45,51-52H,5-16,18-19,22,26-29,32-40,50H2,1-4H3,(H,55,56)/b21-20+,23-17-,30-24+,31-25-/t43-,44-,45-/m1/s1. The van der Waals surface area contributed by atoms with E-state index in [1.807, 2.05) is 6.08 Å². The highest BCUT2D eigenvalue weighted by Gasteiger charge is 2.26. The van der Waals surface area contributed by atoms with E-state index in [4.69, 9.17) is 28.7 Å². The van der Waals surface area contributed by atoms with Gasteiger partial charge in [-0.15, -0.1) is 0 Å². The van der Waals surface area contributed by atoms with Crippen LogP contribution in [0.1, 0.15) is 178 Å². The van der Waals surface area contributed by atoms with Crippen LogP contribution in [0, 0.1) is 13.8 Å². The highest BCUT2D eigenvalue weighted by atomic mass is 31.2. The van der Waals surface area contributed by atoms with E-state index >= 15 is 0 Å². The first-order chi connectivity index (χ1) is 29.9. The van der Waals surface area contributed by atoms with Crippen LogP contribution >= 0.6 is 7.82 Å². The molecule has 5 N–H and O–H groups in total. The van der Waals surface area contributed by atoms with Crippen LogP contribution in [0.3, 0.4) is 0 Å². The maximum Gasteiger partial charge on any atom is 0.472 e. The zero-order valence-corrected chi connectivity index (χ0v) is 39.7. The summed E-state index contributed by atoms with van der Waals surface area (Å²) in [5.41, 5.74) is 8.01. The number of furan rings is 1. The summed E-state index contributed by atoms with van der Waals surface area (Å²) in [6, 6.07) is 0. The van der Waals surface area contributed by atoms with E-state index in [9.17, 15) is 29.3 Å². The van der Waals surface area contributed by atoms with Crippen molar-refractivity contribution in [3.05, 3.63) is 71.3 Å². The van der Waals surface area contributed by atoms with Crippen LogP contribution in [0.4, 0.5) is 0 Å². The fourth-order valence-corrected chi connectivity index (χ4v) is 7.48. The largest absolute Gasteiger partial charge is 0.472 e. The Morgan fingerprint density at radius 1 is 0.677 bits per heavy atom. The third-order valence-corrected chi connectivity index (χ3v) is 11.6. The lowest BCUT2D eigenvalue weighted by Crippen LogP contribution is -2.29. The summed E-state index contributed by atoms with van der Waals surface area (Å²) >= 11 is 0. The number of rotatable bonds is 40. The highest BCUT2D eigenvalue weighted by Crippen LogP contribution is 2.43. The summed E-state index contributed by atoms with van der Waals surface area (Å²) in [5, 5.41) is 20.3. The molecule has 1 unspecified atom stereocenters. The van der Waals surface area contributed by atoms with Crippen LogP contribution in [-0.4, -0.2) is 71.7 Å². The molecule has 13 heteroatoms. The Morgan fingerprint density at radius 3 is 1.84 bits per heavy atom. The van der Waals surface area contributed by atoms with Crippen LogP contribution in [0.25, 0.3) is 0 Å². The lowest BCUT2D eigenvalue weighted by Gasteiger charge is -2.20. The van der Waals surface area contributed by atoms with Crippen molar-refractivity contribution in [3.63, 3.8) is 0 Å². The molecule has 0 aromatic carbocycles. The topological polar surface area (TPSA) is 188 Å². The predicted molar refractivity (Wildman–Crippen MR) is 249 cm³/mol. The van der Waals surface area contributed by atoms with E-state index in [-0.39, 0.29) is 32.6 Å². The molecule has 0 spiro atoms. The number of unbranched alkanes of at least 4 members (excludes halogenated alkanes) is 14. The Balaban J connectivity index is 2.32. The fraction of sp³-hybridized carbons (Fsp3) is 0.714. The fourth-order valence-electron chi connectivity index (χ4n) is 6.71. The van der Waals surface area contributed by atoms with Crippen LogP contribution in [0.2, 0.25) is 0 Å². The molecule has 1 aromatic heterocycles. The molecule has 1 rings (SSSR count). The van der Waals surface area contributed by atoms with Crippen molar-refractivity contribution in [2.45, 2.75) is 200 Å². The van der Waals surface area contributed by atoms with Gasteiger partial charge in [0.1, 0.15) is 18.1 Å². The number of phosphoric ester groups is 1. The molecule has 0 bridgehead atoms. The number of hydrogen-bond acceptors (Lipinski definition) is 11. The number of hydrogen-bond donors (Lipinski definition) is 4. The molecule has 12 nitrogen and oxygen atoms in total. The van der Waals surface area contributed by atoms with Gasteiger partial charge in [-0.3, -0.25) is 18.6 Å². The number of carbonyl (C=O) groups excluding carboxylic acids is 2. The quantitative estimate of drug-likeness (QED) is 0.0161. The Morgan fingerprint density at radius 2 is 1.23 bits per heavy atom. The molecule has 4 atom stereocenters. The zero-order valence-electron chi connectivity index (χ0n) is 38.8. The molecular formula is C49H84NO11P. The number of esters is 2. The van der Waals surface area contributed by atoms with Crippen molar-refractivity contribution < 1.29 is 52.2 Å². The first kappa shape index (κ1) is 57.2. The van der Waals surface area contributed by atoms with Gasteiger partial charge in [0, 0.05) is 32.2 Å². The summed E-state index contributed by atoms with van der Waals surface area (Å²) in [4.78, 5) is 35.1. The van der Waals surface area contributed by atoms with Crippen LogP contribution in [0.5, 0.6) is 0 Å². The van der Waals surface area contributed by atoms with Crippen LogP contribution < -0.4 is 5.73 Å². The number of carbonyl (C=O) groups is 2. The van der Waals surface area contributed by atoms with E-state index in [0.29, 0.717) is 25.7 Å². The molecule has 0 aliphatic carbocycles. The molecule has 1 heterocycles. The van der Waals surface area contributed by atoms with Gasteiger partial charge < -0.3 is 34.7 Å². The molecule has 0 radical (unpaired) electrons. The monoisotopic (exact) mass is 894 g/mol. The molecule has 62 heavy (non-hydrogen) atoms. The van der Waals surface area contributed by atoms with E-state index in [1.54, 1.807) is 36.5 Å². The second-order valence-corrected chi connectivity index (χ2v) is 17.7. The smallest absolute Gasteiger partial charge is 0.466 e. The first-order valence-corrected chi connectivity index (χ1v) is 25.2. The van der Waals surface area contributed by atoms with Crippen molar-refractivity contribution in [2.75, 3.05) is 26.4 Å². The number of nitrogens with two attached hydrogens (primary N) is 1. The molecule has 0 aliphatic rings. The summed E-state index contributed by atoms with van der Waals surface area (Å²) in [5.74, 6) is 1.26. The van der Waals surface area contributed by atoms with Crippen LogP contribution in [0.15, 0.2) is 53.0 Å². The van der Waals surface area contributed by atoms with E-state index in [1.165, 1.54) is 86.9 Å². The maximum atomic E-state index is 12.7. The lowest BCUT2D eigenvalue weighted by molar-refractivity contribution is -0.161. The third-order valence-electron chi connectivity index (χ3n) is 10.6. The normalized spacial score (nSPS) is 14.6. The summed E-state index contributed by atoms with van der Waals surface area (Å²) in [6.07, 6.45) is 34.5. The summed E-state index contributed by atoms with van der Waals surface area (Å²) < 4.78 is 38.9. The first-order valence-electron chi connectivity index (χ1n) is 23.7. The average Bonchev–Trinajstić information content (AvgIpc) is 3.51. The molecule has 0 aliphatic heterocycles. The number of allylic oxidation sites excluding steroid dienone is 5. The van der Waals surface area contributed by atoms with Gasteiger partial charge in [-0.2, -0.15) is 0 Å². The average molecular weight is 894 g/mol. The Bertz CT molecular complexity index is 1470. The minimum Gasteiger partial charge on any atom is -0.466 e. The van der Waals surface area contributed by atoms with E-state index in [2.05, 4.69) is 33.8 Å². The predicted octanol–water partition coefficient (Wildman–Crippen LogP) is 11.1. The van der Waals surface area contributed by atoms with Gasteiger partial charge in [0.2, 0.25) is 0 Å². The Hall–Kier alpha value is -2.83. The number of ether oxygens (including phenoxy) is 2. The van der Waals surface area contributed by atoms with E-state index < -0.39 is 44.7 Å². The minimum atomic E-state index is -4.45. The lowest BCUT2D eigenvalue weighted by atomic mass is 10.0. The summed E-state index contributed by atoms with van der Waals surface area (Å²) in [7, 11) is -4.45. The van der Waals surface area contributed by atoms with Crippen molar-refractivity contribution in [1.82, 2.24) is 0 Å². The van der Waals surface area contributed by atoms with Gasteiger partial charge in [-0.05, 0) is 76.3 Å². The van der Waals surface area contributed by atoms with Gasteiger partial charge in [0.25, 0.3) is 0 Å². The molecule has 0 saturated carbocycles. The Labute approximate surface area is 374 Å². The van der Waals surface area contributed by atoms with Crippen molar-refractivity contribution in [1.29, 1.82) is 0 Å². The maximum absolute atomic E-state index is 12.7. The molecular weight excluding hydrogens is 810 g/mol. The molecule has 0 fully saturated rings. The van der Waals surface area contributed by atoms with Gasteiger partial charge in [-0.1, -0.05) is 140 Å². The molecule has 1 aromatic rings. The number of aliphatic hydroxyl groups is 2. The Kier molecular flexibility index (Phi) is 34.6. The van der Waals surface area contributed by atoms with Crippen LogP contribution in [-0.2, 0) is 45.5 Å². The van der Waals surface area contributed by atoms with Gasteiger partial charge in [0.05, 0.1) is 25.4 Å². The van der Waals surface area contributed by atoms with Crippen molar-refractivity contribution in [2.24, 2.45) is 5.73 Å². The third kappa shape index (κ3) is 31.1. The van der Waals surface area contributed by atoms with Gasteiger partial charge >= 0.3 is 19.8 Å². The second-order valence-electron chi connectivity index (χ2n) is 16.3. The number of aliphatic hydroxyl groups excluding tert-OH is 2. The molecule has 356 valence electrons. The highest BCUT2D eigenvalue weighted by molar-refractivity contribution is 7.47. The van der Waals surface area contributed by atoms with Gasteiger partial charge in [0.15, 0.2) is 6.10 Å². The summed E-state index contributed by atoms with van der Waals surface area (Å²) in [6.45, 7) is 7.71. The number of phosphoric acid groups is 1. The SMILES string of the molecule is CCCCC/C=C\C[C@@H](O)/C=C/C=C/C=C\[C@@H](O)CCCC(=O)OC[C@H](COP(=O)(O)OCCN)OC(=O)CCCCCCCCCCCCc1oc(CCCCC)c(C)c1C. The zero-order chi connectivity index (χ0) is 45.7. The minimum absolute atomic E-state index is 0.0116. The van der Waals surface area contributed by atoms with E-state index in [0.717, 1.165) is 51.4 Å². The second kappa shape index (κ2) is 37.5. The van der Waals surface area contributed by atoms with Gasteiger partial charge in [-0.25, -0.2) is 4.57 Å². The molecule has 0 amide bonds. The van der Waals surface area contributed by atoms with Crippen molar-refractivity contribution in [3.8, 4) is 0 Å². The number of aryl methyl sites for hydroxylation is 2. The van der Waals surface area contributed by atoms with Crippen molar-refractivity contribution >= 4 is 19.8 Å². The molecule has 0 saturated heterocycles.